The lowest BCUT2D eigenvalue weighted by Crippen LogP contribution is -2.03. The van der Waals surface area contributed by atoms with Gasteiger partial charge in [-0.15, -0.1) is 0 Å². The highest BCUT2D eigenvalue weighted by Crippen LogP contribution is 2.16. The summed E-state index contributed by atoms with van der Waals surface area (Å²) in [5.41, 5.74) is 2.83. The number of ether oxygens (including phenoxy) is 10. The summed E-state index contributed by atoms with van der Waals surface area (Å²) in [7, 11) is 0. The standard InChI is InChI=1S/3C9H10O2.2C9H12.2C4H8O2/c3*1-2-4-8(5-3-1)10-6-9-7-11-9;2*1-8(2)9-6-4-3-5-7-9;2*1-4-2-5-3-6-4/h3*1-5,9H,6-7H2;2*3-8H,1-2H3;2*4H,2-3H2,1H3. The van der Waals surface area contributed by atoms with Crippen molar-refractivity contribution in [3.63, 3.8) is 0 Å². The van der Waals surface area contributed by atoms with Crippen LogP contribution in [0.1, 0.15) is 64.5 Å². The average molecular weight is 867 g/mol. The van der Waals surface area contributed by atoms with E-state index in [-0.39, 0.29) is 0 Å². The summed E-state index contributed by atoms with van der Waals surface area (Å²) in [5.74, 6) is 4.08. The monoisotopic (exact) mass is 866 g/mol. The van der Waals surface area contributed by atoms with Crippen molar-refractivity contribution in [2.75, 3.05) is 66.4 Å². The molecule has 10 heteroatoms. The molecule has 0 aliphatic carbocycles. The van der Waals surface area contributed by atoms with E-state index in [0.29, 0.717) is 75.8 Å². The molecule has 5 aromatic rings. The van der Waals surface area contributed by atoms with Gasteiger partial charge in [-0.1, -0.05) is 143 Å². The third kappa shape index (κ3) is 26.4. The summed E-state index contributed by atoms with van der Waals surface area (Å²) in [6, 6.07) is 50.4. The zero-order chi connectivity index (χ0) is 44.7. The Morgan fingerprint density at radius 2 is 0.635 bits per heavy atom. The summed E-state index contributed by atoms with van der Waals surface area (Å²) in [5, 5.41) is 0. The highest BCUT2D eigenvalue weighted by molar-refractivity contribution is 5.23. The minimum absolute atomic E-state index is 0.324. The van der Waals surface area contributed by atoms with E-state index in [4.69, 9.17) is 47.4 Å². The summed E-state index contributed by atoms with van der Waals surface area (Å²) in [6.45, 7) is 19.9. The van der Waals surface area contributed by atoms with Crippen LogP contribution in [0.5, 0.6) is 17.2 Å². The van der Waals surface area contributed by atoms with Gasteiger partial charge in [-0.25, -0.2) is 0 Å². The molecule has 5 aliphatic rings. The van der Waals surface area contributed by atoms with Crippen molar-refractivity contribution in [3.05, 3.63) is 163 Å². The third-order valence-corrected chi connectivity index (χ3v) is 9.25. The van der Waals surface area contributed by atoms with E-state index in [1.165, 1.54) is 11.1 Å². The molecule has 5 saturated heterocycles. The second kappa shape index (κ2) is 31.1. The Morgan fingerprint density at radius 1 is 0.381 bits per heavy atom. The van der Waals surface area contributed by atoms with Crippen molar-refractivity contribution in [3.8, 4) is 17.2 Å². The first-order chi connectivity index (χ1) is 30.7. The molecule has 5 aromatic carbocycles. The fraction of sp³-hybridized carbons (Fsp3) is 0.434. The third-order valence-electron chi connectivity index (χ3n) is 9.25. The second-order valence-corrected chi connectivity index (χ2v) is 15.8. The molecular weight excluding hydrogens is 797 g/mol. The number of para-hydroxylation sites is 3. The van der Waals surface area contributed by atoms with Crippen molar-refractivity contribution in [1.82, 2.24) is 0 Å². The highest BCUT2D eigenvalue weighted by atomic mass is 16.7. The van der Waals surface area contributed by atoms with Crippen molar-refractivity contribution >= 4 is 0 Å². The van der Waals surface area contributed by atoms with Crippen molar-refractivity contribution in [2.24, 2.45) is 0 Å². The van der Waals surface area contributed by atoms with E-state index < -0.39 is 0 Å². The Hall–Kier alpha value is -4.78. The van der Waals surface area contributed by atoms with Gasteiger partial charge in [0.05, 0.1) is 45.2 Å². The van der Waals surface area contributed by atoms with Gasteiger partial charge in [-0.3, -0.25) is 0 Å². The Morgan fingerprint density at radius 3 is 0.794 bits per heavy atom. The predicted octanol–water partition coefficient (Wildman–Crippen LogP) is 10.8. The second-order valence-electron chi connectivity index (χ2n) is 15.8. The van der Waals surface area contributed by atoms with E-state index >= 15 is 0 Å². The lowest BCUT2D eigenvalue weighted by molar-refractivity contribution is 0.0512. The number of rotatable bonds is 11. The van der Waals surface area contributed by atoms with Gasteiger partial charge in [-0.05, 0) is 73.2 Å². The number of benzene rings is 5. The number of hydrogen-bond donors (Lipinski definition) is 0. The quantitative estimate of drug-likeness (QED) is 0.119. The molecule has 0 amide bonds. The molecule has 5 heterocycles. The van der Waals surface area contributed by atoms with Crippen LogP contribution in [0, 0.1) is 0 Å². The normalized spacial score (nSPS) is 20.6. The van der Waals surface area contributed by atoms with Gasteiger partial charge in [0.25, 0.3) is 0 Å². The molecular formula is C53H70O10. The Kier molecular flexibility index (Phi) is 25.1. The maximum absolute atomic E-state index is 5.40. The van der Waals surface area contributed by atoms with Gasteiger partial charge in [0.1, 0.15) is 69.0 Å². The van der Waals surface area contributed by atoms with E-state index in [1.54, 1.807) is 0 Å². The van der Waals surface area contributed by atoms with E-state index in [2.05, 4.69) is 76.2 Å². The van der Waals surface area contributed by atoms with Crippen LogP contribution in [-0.2, 0) is 33.2 Å². The molecule has 0 bridgehead atoms. The first-order valence-electron chi connectivity index (χ1n) is 22.1. The van der Waals surface area contributed by atoms with Gasteiger partial charge < -0.3 is 47.4 Å². The molecule has 5 atom stereocenters. The summed E-state index contributed by atoms with van der Waals surface area (Å²) in [4.78, 5) is 0. The smallest absolute Gasteiger partial charge is 0.147 e. The molecule has 0 N–H and O–H groups in total. The molecule has 10 nitrogen and oxygen atoms in total. The summed E-state index contributed by atoms with van der Waals surface area (Å²) < 4.78 is 50.8. The van der Waals surface area contributed by atoms with E-state index in [0.717, 1.165) is 50.3 Å². The average Bonchev–Trinajstić information content (AvgIpc) is 4.28. The Bertz CT molecular complexity index is 1600. The molecule has 0 saturated carbocycles. The minimum atomic E-state index is 0.324. The molecule has 63 heavy (non-hydrogen) atoms. The lowest BCUT2D eigenvalue weighted by atomic mass is 10.0. The fourth-order valence-corrected chi connectivity index (χ4v) is 5.14. The number of epoxide rings is 3. The first-order valence-corrected chi connectivity index (χ1v) is 22.1. The molecule has 342 valence electrons. The van der Waals surface area contributed by atoms with Gasteiger partial charge in [0.15, 0.2) is 0 Å². The molecule has 5 fully saturated rings. The van der Waals surface area contributed by atoms with Crippen LogP contribution in [0.3, 0.4) is 0 Å². The molecule has 10 rings (SSSR count). The summed E-state index contributed by atoms with van der Waals surface area (Å²) >= 11 is 0. The molecule has 0 radical (unpaired) electrons. The van der Waals surface area contributed by atoms with Crippen LogP contribution in [0.4, 0.5) is 0 Å². The maximum Gasteiger partial charge on any atom is 0.147 e. The van der Waals surface area contributed by atoms with Crippen LogP contribution >= 0.6 is 0 Å². The summed E-state index contributed by atoms with van der Waals surface area (Å²) in [6.07, 6.45) is 1.68. The fourth-order valence-electron chi connectivity index (χ4n) is 5.14. The van der Waals surface area contributed by atoms with Crippen LogP contribution in [0.2, 0.25) is 0 Å². The zero-order valence-corrected chi connectivity index (χ0v) is 38.1. The largest absolute Gasteiger partial charge is 0.491 e. The molecule has 5 aliphatic heterocycles. The van der Waals surface area contributed by atoms with E-state index in [9.17, 15) is 0 Å². The SMILES string of the molecule is CC(C)c1ccccc1.CC(C)c1ccccc1.CC1COCO1.CC1COCO1.c1ccc(OCC2CO2)cc1.c1ccc(OCC2CO2)cc1.c1ccc(OCC2CO2)cc1. The first kappa shape index (κ1) is 50.9. The van der Waals surface area contributed by atoms with Crippen LogP contribution < -0.4 is 14.2 Å². The van der Waals surface area contributed by atoms with Crippen molar-refractivity contribution in [1.29, 1.82) is 0 Å². The Balaban J connectivity index is 0.000000163. The van der Waals surface area contributed by atoms with Crippen molar-refractivity contribution in [2.45, 2.75) is 83.9 Å². The number of hydrogen-bond acceptors (Lipinski definition) is 10. The lowest BCUT2D eigenvalue weighted by Gasteiger charge is -2.01. The highest BCUT2D eigenvalue weighted by Gasteiger charge is 2.24. The molecule has 5 unspecified atom stereocenters. The topological polar surface area (TPSA) is 102 Å². The van der Waals surface area contributed by atoms with Crippen LogP contribution in [0.25, 0.3) is 0 Å². The minimum Gasteiger partial charge on any atom is -0.491 e. The van der Waals surface area contributed by atoms with Crippen molar-refractivity contribution < 1.29 is 47.4 Å². The van der Waals surface area contributed by atoms with Crippen LogP contribution in [0.15, 0.2) is 152 Å². The zero-order valence-electron chi connectivity index (χ0n) is 38.1. The maximum atomic E-state index is 5.40. The van der Waals surface area contributed by atoms with Gasteiger partial charge >= 0.3 is 0 Å². The van der Waals surface area contributed by atoms with E-state index in [1.807, 2.05) is 117 Å². The van der Waals surface area contributed by atoms with Gasteiger partial charge in [0.2, 0.25) is 0 Å². The van der Waals surface area contributed by atoms with Crippen LogP contribution in [-0.4, -0.2) is 97.0 Å². The molecule has 0 spiro atoms. The van der Waals surface area contributed by atoms with Gasteiger partial charge in [0, 0.05) is 0 Å². The van der Waals surface area contributed by atoms with Gasteiger partial charge in [-0.2, -0.15) is 0 Å². The molecule has 0 aromatic heterocycles. The predicted molar refractivity (Wildman–Crippen MR) is 249 cm³/mol. The Labute approximate surface area is 376 Å².